The van der Waals surface area contributed by atoms with Crippen LogP contribution in [0.3, 0.4) is 0 Å². The molecule has 2 aliphatic heterocycles. The average Bonchev–Trinajstić information content (AvgIpc) is 2.61. The number of fused-ring (bicyclic) bond motifs is 2. The van der Waals surface area contributed by atoms with E-state index in [9.17, 15) is 9.59 Å². The van der Waals surface area contributed by atoms with Gasteiger partial charge in [-0.2, -0.15) is 0 Å². The average molecular weight is 302 g/mol. The highest BCUT2D eigenvalue weighted by Gasteiger charge is 2.39. The van der Waals surface area contributed by atoms with Crippen molar-refractivity contribution in [3.63, 3.8) is 0 Å². The van der Waals surface area contributed by atoms with Crippen LogP contribution in [0, 0.1) is 0 Å². The number of piperidine rings is 1. The Hall–Kier alpha value is -1.88. The van der Waals surface area contributed by atoms with Gasteiger partial charge in [0.05, 0.1) is 19.0 Å². The normalized spacial score (nSPS) is 27.6. The van der Waals surface area contributed by atoms with E-state index in [1.165, 1.54) is 11.3 Å². The van der Waals surface area contributed by atoms with Gasteiger partial charge in [0, 0.05) is 19.4 Å². The van der Waals surface area contributed by atoms with E-state index in [-0.39, 0.29) is 11.8 Å². The van der Waals surface area contributed by atoms with Gasteiger partial charge in [0.1, 0.15) is 6.04 Å². The Kier molecular flexibility index (Phi) is 4.73. The molecular formula is C17H24N3O2+. The predicted molar refractivity (Wildman–Crippen MR) is 83.2 cm³/mol. The van der Waals surface area contributed by atoms with E-state index in [2.05, 4.69) is 10.6 Å². The van der Waals surface area contributed by atoms with Crippen LogP contribution in [-0.2, 0) is 16.1 Å². The number of rotatable bonds is 4. The second kappa shape index (κ2) is 6.92. The molecule has 1 aromatic rings. The summed E-state index contributed by atoms with van der Waals surface area (Å²) in [5.41, 5.74) is 1.11. The molecule has 5 heteroatoms. The molecule has 1 aromatic carbocycles. The molecule has 2 bridgehead atoms. The summed E-state index contributed by atoms with van der Waals surface area (Å²) in [4.78, 5) is 25.3. The highest BCUT2D eigenvalue weighted by Crippen LogP contribution is 2.13. The molecule has 0 radical (unpaired) electrons. The number of nitrogens with one attached hydrogen (secondary N) is 3. The highest BCUT2D eigenvalue weighted by atomic mass is 16.2. The Balaban J connectivity index is 1.57. The van der Waals surface area contributed by atoms with Crippen molar-refractivity contribution in [1.82, 2.24) is 10.6 Å². The van der Waals surface area contributed by atoms with E-state index < -0.39 is 0 Å². The largest absolute Gasteiger partial charge is 0.350 e. The molecule has 0 aliphatic carbocycles. The van der Waals surface area contributed by atoms with Crippen LogP contribution in [-0.4, -0.2) is 37.0 Å². The Labute approximate surface area is 131 Å². The number of amides is 2. The molecular weight excluding hydrogens is 278 g/mol. The summed E-state index contributed by atoms with van der Waals surface area (Å²) in [6, 6.07) is 10.6. The molecule has 118 valence electrons. The van der Waals surface area contributed by atoms with Gasteiger partial charge in [0.15, 0.2) is 6.54 Å². The van der Waals surface area contributed by atoms with E-state index in [1.54, 1.807) is 0 Å². The Morgan fingerprint density at radius 1 is 1.23 bits per heavy atom. The first-order valence-corrected chi connectivity index (χ1v) is 8.15. The van der Waals surface area contributed by atoms with Gasteiger partial charge in [-0.25, -0.2) is 0 Å². The maximum Gasteiger partial charge on any atom is 0.275 e. The van der Waals surface area contributed by atoms with Gasteiger partial charge in [-0.05, 0) is 12.0 Å². The summed E-state index contributed by atoms with van der Waals surface area (Å²) in [5, 5.41) is 5.99. The van der Waals surface area contributed by atoms with Crippen molar-refractivity contribution in [3.05, 3.63) is 35.9 Å². The summed E-state index contributed by atoms with van der Waals surface area (Å²) in [6.45, 7) is 1.74. The lowest BCUT2D eigenvalue weighted by Gasteiger charge is -2.36. The molecule has 3 atom stereocenters. The van der Waals surface area contributed by atoms with Crippen molar-refractivity contribution in [2.45, 2.75) is 44.3 Å². The maximum atomic E-state index is 12.3. The number of hydrogen-bond acceptors (Lipinski definition) is 2. The zero-order valence-corrected chi connectivity index (χ0v) is 12.8. The van der Waals surface area contributed by atoms with Crippen LogP contribution in [0.5, 0.6) is 0 Å². The SMILES string of the molecule is O=C1C[C@@H]2CCC[C@H](CN1)[NH+]2CC(=O)NCc1ccccc1. The Morgan fingerprint density at radius 3 is 2.82 bits per heavy atom. The number of carbonyl (C=O) groups is 2. The molecule has 5 nitrogen and oxygen atoms in total. The zero-order valence-electron chi connectivity index (χ0n) is 12.8. The lowest BCUT2D eigenvalue weighted by atomic mass is 9.94. The van der Waals surface area contributed by atoms with Gasteiger partial charge in [0.25, 0.3) is 5.91 Å². The van der Waals surface area contributed by atoms with Crippen molar-refractivity contribution >= 4 is 11.8 Å². The molecule has 2 fully saturated rings. The summed E-state index contributed by atoms with van der Waals surface area (Å²) < 4.78 is 0. The Bertz CT molecular complexity index is 532. The molecule has 3 N–H and O–H groups in total. The fraction of sp³-hybridized carbons (Fsp3) is 0.529. The third kappa shape index (κ3) is 3.65. The second-order valence-corrected chi connectivity index (χ2v) is 6.35. The topological polar surface area (TPSA) is 62.6 Å². The fourth-order valence-corrected chi connectivity index (χ4v) is 3.65. The van der Waals surface area contributed by atoms with Crippen LogP contribution < -0.4 is 15.5 Å². The summed E-state index contributed by atoms with van der Waals surface area (Å²) >= 11 is 0. The van der Waals surface area contributed by atoms with Gasteiger partial charge in [0.2, 0.25) is 5.91 Å². The molecule has 2 amide bonds. The fourth-order valence-electron chi connectivity index (χ4n) is 3.65. The highest BCUT2D eigenvalue weighted by molar-refractivity contribution is 5.78. The van der Waals surface area contributed by atoms with Crippen LogP contribution >= 0.6 is 0 Å². The smallest absolute Gasteiger partial charge is 0.275 e. The molecule has 0 saturated carbocycles. The minimum atomic E-state index is 0.0742. The lowest BCUT2D eigenvalue weighted by Crippen LogP contribution is -3.21. The van der Waals surface area contributed by atoms with Crippen LogP contribution in [0.2, 0.25) is 0 Å². The minimum absolute atomic E-state index is 0.0742. The third-order valence-electron chi connectivity index (χ3n) is 4.83. The maximum absolute atomic E-state index is 12.3. The van der Waals surface area contributed by atoms with Gasteiger partial charge >= 0.3 is 0 Å². The molecule has 0 aromatic heterocycles. The predicted octanol–water partition coefficient (Wildman–Crippen LogP) is -0.371. The van der Waals surface area contributed by atoms with Crippen LogP contribution in [0.4, 0.5) is 0 Å². The zero-order chi connectivity index (χ0) is 15.4. The van der Waals surface area contributed by atoms with Crippen LogP contribution in [0.25, 0.3) is 0 Å². The first-order chi connectivity index (χ1) is 10.7. The Morgan fingerprint density at radius 2 is 2.00 bits per heavy atom. The van der Waals surface area contributed by atoms with Crippen molar-refractivity contribution in [3.8, 4) is 0 Å². The van der Waals surface area contributed by atoms with Gasteiger partial charge < -0.3 is 15.5 Å². The van der Waals surface area contributed by atoms with Crippen LogP contribution in [0.1, 0.15) is 31.2 Å². The number of benzene rings is 1. The van der Waals surface area contributed by atoms with Gasteiger partial charge in [-0.15, -0.1) is 0 Å². The number of hydrogen-bond donors (Lipinski definition) is 3. The lowest BCUT2D eigenvalue weighted by molar-refractivity contribution is -0.945. The van der Waals surface area contributed by atoms with E-state index in [0.29, 0.717) is 38.1 Å². The molecule has 0 spiro atoms. The first-order valence-electron chi connectivity index (χ1n) is 8.15. The van der Waals surface area contributed by atoms with Crippen molar-refractivity contribution in [2.75, 3.05) is 13.1 Å². The second-order valence-electron chi connectivity index (χ2n) is 6.35. The number of quaternary nitrogens is 1. The van der Waals surface area contributed by atoms with Crippen molar-refractivity contribution < 1.29 is 14.5 Å². The molecule has 3 rings (SSSR count). The molecule has 2 heterocycles. The number of carbonyl (C=O) groups excluding carboxylic acids is 2. The summed E-state index contributed by atoms with van der Waals surface area (Å²) in [5.74, 6) is 0.210. The van der Waals surface area contributed by atoms with Crippen LogP contribution in [0.15, 0.2) is 30.3 Å². The van der Waals surface area contributed by atoms with Gasteiger partial charge in [-0.3, -0.25) is 9.59 Å². The summed E-state index contributed by atoms with van der Waals surface area (Å²) in [6.07, 6.45) is 3.86. The summed E-state index contributed by atoms with van der Waals surface area (Å²) in [7, 11) is 0. The first kappa shape index (κ1) is 15.0. The standard InChI is InChI=1S/C17H23N3O2/c21-16-9-14-7-4-8-15(11-19-16)20(14)12-17(22)18-10-13-5-2-1-3-6-13/h1-3,5-6,14-15H,4,7-12H2,(H,18,22)(H,19,21)/p+1/t14-,15+/m0/s1. The third-order valence-corrected chi connectivity index (χ3v) is 4.83. The molecule has 1 unspecified atom stereocenters. The molecule has 2 aliphatic rings. The molecule has 22 heavy (non-hydrogen) atoms. The van der Waals surface area contributed by atoms with E-state index >= 15 is 0 Å². The van der Waals surface area contributed by atoms with Crippen molar-refractivity contribution in [1.29, 1.82) is 0 Å². The molecule has 2 saturated heterocycles. The van der Waals surface area contributed by atoms with E-state index in [1.807, 2.05) is 30.3 Å². The van der Waals surface area contributed by atoms with Gasteiger partial charge in [-0.1, -0.05) is 30.3 Å². The van der Waals surface area contributed by atoms with E-state index in [0.717, 1.165) is 18.4 Å². The van der Waals surface area contributed by atoms with E-state index in [4.69, 9.17) is 0 Å². The quantitative estimate of drug-likeness (QED) is 0.710. The monoisotopic (exact) mass is 302 g/mol. The minimum Gasteiger partial charge on any atom is -0.350 e. The van der Waals surface area contributed by atoms with Crippen molar-refractivity contribution in [2.24, 2.45) is 0 Å².